The zero-order valence-electron chi connectivity index (χ0n) is 13.4. The van der Waals surface area contributed by atoms with Gasteiger partial charge in [-0.15, -0.1) is 0 Å². The third-order valence-electron chi connectivity index (χ3n) is 6.21. The molecule has 2 nitrogen and oxygen atoms in total. The van der Waals surface area contributed by atoms with E-state index in [9.17, 15) is 0 Å². The molecular formula is C18H34N2. The maximum Gasteiger partial charge on any atom is 0.00983 e. The molecule has 2 atom stereocenters. The van der Waals surface area contributed by atoms with Crippen molar-refractivity contribution in [1.29, 1.82) is 0 Å². The minimum Gasteiger partial charge on any atom is -0.316 e. The van der Waals surface area contributed by atoms with Gasteiger partial charge in [0.25, 0.3) is 0 Å². The molecule has 2 saturated carbocycles. The van der Waals surface area contributed by atoms with Gasteiger partial charge in [-0.3, -0.25) is 4.90 Å². The van der Waals surface area contributed by atoms with Crippen molar-refractivity contribution in [2.45, 2.75) is 83.2 Å². The Hall–Kier alpha value is -0.0800. The molecule has 1 aliphatic heterocycles. The molecule has 0 aromatic heterocycles. The van der Waals surface area contributed by atoms with Crippen molar-refractivity contribution in [2.75, 3.05) is 19.6 Å². The molecule has 0 bridgehead atoms. The molecule has 1 N–H and O–H groups in total. The minimum absolute atomic E-state index is 0.879. The van der Waals surface area contributed by atoms with Crippen molar-refractivity contribution in [3.8, 4) is 0 Å². The number of hydrogen-bond donors (Lipinski definition) is 1. The number of rotatable bonds is 4. The summed E-state index contributed by atoms with van der Waals surface area (Å²) in [5, 5.41) is 3.61. The predicted octanol–water partition coefficient (Wildman–Crippen LogP) is 3.81. The zero-order chi connectivity index (χ0) is 13.8. The Bertz CT molecular complexity index is 261. The van der Waals surface area contributed by atoms with Crippen LogP contribution in [0.4, 0.5) is 0 Å². The van der Waals surface area contributed by atoms with E-state index in [0.717, 1.165) is 23.9 Å². The van der Waals surface area contributed by atoms with Crippen molar-refractivity contribution >= 4 is 0 Å². The van der Waals surface area contributed by atoms with Crippen molar-refractivity contribution in [1.82, 2.24) is 10.2 Å². The lowest BCUT2D eigenvalue weighted by Gasteiger charge is -2.43. The van der Waals surface area contributed by atoms with Crippen LogP contribution < -0.4 is 5.32 Å². The summed E-state index contributed by atoms with van der Waals surface area (Å²) in [6.45, 7) is 6.33. The molecule has 0 aromatic rings. The quantitative estimate of drug-likeness (QED) is 0.841. The Balaban J connectivity index is 1.64. The second kappa shape index (κ2) is 7.26. The van der Waals surface area contributed by atoms with Gasteiger partial charge in [0, 0.05) is 18.6 Å². The van der Waals surface area contributed by atoms with Crippen molar-refractivity contribution in [3.63, 3.8) is 0 Å². The first-order chi connectivity index (χ1) is 9.84. The van der Waals surface area contributed by atoms with E-state index in [4.69, 9.17) is 0 Å². The highest BCUT2D eigenvalue weighted by atomic mass is 15.2. The fourth-order valence-corrected chi connectivity index (χ4v) is 4.80. The van der Waals surface area contributed by atoms with E-state index in [1.165, 1.54) is 83.8 Å². The molecule has 2 aliphatic carbocycles. The summed E-state index contributed by atoms with van der Waals surface area (Å²) in [6.07, 6.45) is 14.8. The third-order valence-corrected chi connectivity index (χ3v) is 6.21. The van der Waals surface area contributed by atoms with Gasteiger partial charge >= 0.3 is 0 Å². The summed E-state index contributed by atoms with van der Waals surface area (Å²) in [5.41, 5.74) is 0. The molecule has 2 heteroatoms. The first-order valence-corrected chi connectivity index (χ1v) is 9.31. The van der Waals surface area contributed by atoms with Crippen molar-refractivity contribution in [3.05, 3.63) is 0 Å². The van der Waals surface area contributed by atoms with Crippen LogP contribution in [0.1, 0.15) is 71.1 Å². The average molecular weight is 278 g/mol. The molecule has 3 aliphatic rings. The summed E-state index contributed by atoms with van der Waals surface area (Å²) < 4.78 is 0. The van der Waals surface area contributed by atoms with E-state index in [1.54, 1.807) is 0 Å². The summed E-state index contributed by atoms with van der Waals surface area (Å²) in [4.78, 5) is 2.99. The summed E-state index contributed by atoms with van der Waals surface area (Å²) in [6, 6.07) is 1.83. The smallest absolute Gasteiger partial charge is 0.00983 e. The van der Waals surface area contributed by atoms with Crippen LogP contribution in [0, 0.1) is 11.8 Å². The highest BCUT2D eigenvalue weighted by Crippen LogP contribution is 2.32. The Morgan fingerprint density at radius 1 is 0.800 bits per heavy atom. The van der Waals surface area contributed by atoms with Crippen LogP contribution in [0.5, 0.6) is 0 Å². The van der Waals surface area contributed by atoms with Gasteiger partial charge in [-0.1, -0.05) is 45.4 Å². The Morgan fingerprint density at radius 2 is 1.35 bits per heavy atom. The van der Waals surface area contributed by atoms with E-state index < -0.39 is 0 Å². The average Bonchev–Trinajstić information content (AvgIpc) is 2.92. The topological polar surface area (TPSA) is 15.3 Å². The molecule has 0 amide bonds. The van der Waals surface area contributed by atoms with E-state index in [-0.39, 0.29) is 0 Å². The summed E-state index contributed by atoms with van der Waals surface area (Å²) in [5.74, 6) is 1.78. The van der Waals surface area contributed by atoms with Gasteiger partial charge in [-0.25, -0.2) is 0 Å². The number of nitrogens with zero attached hydrogens (tertiary/aromatic N) is 1. The maximum atomic E-state index is 3.61. The van der Waals surface area contributed by atoms with Gasteiger partial charge in [0.1, 0.15) is 0 Å². The molecule has 0 radical (unpaired) electrons. The fourth-order valence-electron chi connectivity index (χ4n) is 4.80. The van der Waals surface area contributed by atoms with Gasteiger partial charge < -0.3 is 5.32 Å². The lowest BCUT2D eigenvalue weighted by Crippen LogP contribution is -2.48. The third kappa shape index (κ3) is 3.57. The largest absolute Gasteiger partial charge is 0.316 e. The van der Waals surface area contributed by atoms with E-state index in [0.29, 0.717) is 0 Å². The second-order valence-corrected chi connectivity index (χ2v) is 7.68. The number of nitrogens with one attached hydrogen (secondary N) is 1. The Morgan fingerprint density at radius 3 is 1.80 bits per heavy atom. The second-order valence-electron chi connectivity index (χ2n) is 7.68. The molecule has 1 saturated heterocycles. The monoisotopic (exact) mass is 278 g/mol. The predicted molar refractivity (Wildman–Crippen MR) is 86.0 cm³/mol. The van der Waals surface area contributed by atoms with Crippen LogP contribution in [-0.2, 0) is 0 Å². The van der Waals surface area contributed by atoms with E-state index in [1.807, 2.05) is 0 Å². The lowest BCUT2D eigenvalue weighted by atomic mass is 9.86. The van der Waals surface area contributed by atoms with Gasteiger partial charge in [0.2, 0.25) is 0 Å². The number of hydrogen-bond acceptors (Lipinski definition) is 2. The van der Waals surface area contributed by atoms with Crippen LogP contribution in [0.2, 0.25) is 0 Å². The van der Waals surface area contributed by atoms with Crippen molar-refractivity contribution in [2.24, 2.45) is 11.8 Å². The van der Waals surface area contributed by atoms with Crippen LogP contribution in [0.25, 0.3) is 0 Å². The fraction of sp³-hybridized carbons (Fsp3) is 1.00. The summed E-state index contributed by atoms with van der Waals surface area (Å²) >= 11 is 0. The van der Waals surface area contributed by atoms with E-state index in [2.05, 4.69) is 17.1 Å². The SMILES string of the molecule is C[C@@H]1CNC[C@H]1CN(C1CCCCC1)C1CCCCC1. The van der Waals surface area contributed by atoms with Gasteiger partial charge in [0.05, 0.1) is 0 Å². The molecule has 0 spiro atoms. The van der Waals surface area contributed by atoms with Crippen LogP contribution in [0.3, 0.4) is 0 Å². The minimum atomic E-state index is 0.879. The first kappa shape index (κ1) is 14.8. The first-order valence-electron chi connectivity index (χ1n) is 9.31. The molecule has 0 aromatic carbocycles. The molecule has 3 rings (SSSR count). The van der Waals surface area contributed by atoms with E-state index >= 15 is 0 Å². The molecule has 1 heterocycles. The molecular weight excluding hydrogens is 244 g/mol. The van der Waals surface area contributed by atoms with Crippen LogP contribution in [-0.4, -0.2) is 36.6 Å². The standard InChI is InChI=1S/C18H34N2/c1-15-12-19-13-16(15)14-20(17-8-4-2-5-9-17)18-10-6-3-7-11-18/h15-19H,2-14H2,1H3/t15-,16+/m1/s1. The summed E-state index contributed by atoms with van der Waals surface area (Å²) in [7, 11) is 0. The van der Waals surface area contributed by atoms with Gasteiger partial charge in [0.15, 0.2) is 0 Å². The van der Waals surface area contributed by atoms with Gasteiger partial charge in [-0.05, 0) is 50.6 Å². The maximum absolute atomic E-state index is 3.61. The van der Waals surface area contributed by atoms with Crippen molar-refractivity contribution < 1.29 is 0 Å². The molecule has 3 fully saturated rings. The lowest BCUT2D eigenvalue weighted by molar-refractivity contribution is 0.0611. The Labute approximate surface area is 125 Å². The molecule has 116 valence electrons. The molecule has 0 unspecified atom stereocenters. The Kier molecular flexibility index (Phi) is 5.39. The van der Waals surface area contributed by atoms with Crippen LogP contribution in [0.15, 0.2) is 0 Å². The normalized spacial score (nSPS) is 33.9. The highest BCUT2D eigenvalue weighted by molar-refractivity contribution is 4.88. The van der Waals surface area contributed by atoms with Gasteiger partial charge in [-0.2, -0.15) is 0 Å². The molecule has 20 heavy (non-hydrogen) atoms. The highest BCUT2D eigenvalue weighted by Gasteiger charge is 2.33. The van der Waals surface area contributed by atoms with Crippen LogP contribution >= 0.6 is 0 Å². The zero-order valence-corrected chi connectivity index (χ0v) is 13.4.